The highest BCUT2D eigenvalue weighted by atomic mass is 79.9. The topological polar surface area (TPSA) is 56.6 Å². The number of carbonyl (C=O) groups is 1. The predicted octanol–water partition coefficient (Wildman–Crippen LogP) is 7.09. The van der Waals surface area contributed by atoms with E-state index in [4.69, 9.17) is 16.3 Å². The van der Waals surface area contributed by atoms with Crippen molar-refractivity contribution in [3.63, 3.8) is 0 Å². The smallest absolute Gasteiger partial charge is 0.264 e. The molecular formula is C31H25BrClN3O2. The van der Waals surface area contributed by atoms with Crippen LogP contribution in [0, 0.1) is 11.3 Å². The number of carbonyl (C=O) groups excluding carboxylic acids is 1. The molecule has 1 amide bonds. The number of hydrogen-bond donors (Lipinski definition) is 0. The van der Waals surface area contributed by atoms with Crippen LogP contribution >= 0.6 is 27.5 Å². The van der Waals surface area contributed by atoms with E-state index >= 15 is 0 Å². The molecule has 0 aromatic heterocycles. The molecule has 1 fully saturated rings. The third-order valence-electron chi connectivity index (χ3n) is 6.62. The summed E-state index contributed by atoms with van der Waals surface area (Å²) in [7, 11) is 0. The maximum Gasteiger partial charge on any atom is 0.264 e. The maximum absolute atomic E-state index is 13.1. The highest BCUT2D eigenvalue weighted by Gasteiger charge is 2.24. The molecule has 1 aliphatic rings. The summed E-state index contributed by atoms with van der Waals surface area (Å²) in [6.45, 7) is 2.89. The average Bonchev–Trinajstić information content (AvgIpc) is 2.96. The number of amides is 1. The van der Waals surface area contributed by atoms with Crippen molar-refractivity contribution >= 4 is 56.0 Å². The number of fused-ring (bicyclic) bond motifs is 1. The highest BCUT2D eigenvalue weighted by molar-refractivity contribution is 9.10. The lowest BCUT2D eigenvalue weighted by molar-refractivity contribution is -0.126. The van der Waals surface area contributed by atoms with E-state index in [1.807, 2.05) is 48.5 Å². The van der Waals surface area contributed by atoms with Gasteiger partial charge in [0.05, 0.1) is 9.50 Å². The summed E-state index contributed by atoms with van der Waals surface area (Å²) in [5, 5.41) is 12.4. The molecule has 4 aromatic carbocycles. The number of piperazine rings is 1. The van der Waals surface area contributed by atoms with Crippen LogP contribution in [0.25, 0.3) is 16.8 Å². The summed E-state index contributed by atoms with van der Waals surface area (Å²) < 4.78 is 6.74. The van der Waals surface area contributed by atoms with Gasteiger partial charge in [0.25, 0.3) is 5.91 Å². The lowest BCUT2D eigenvalue weighted by atomic mass is 10.1. The Morgan fingerprint density at radius 1 is 0.974 bits per heavy atom. The zero-order chi connectivity index (χ0) is 26.5. The average molecular weight is 587 g/mol. The van der Waals surface area contributed by atoms with Crippen molar-refractivity contribution < 1.29 is 9.53 Å². The first-order valence-electron chi connectivity index (χ1n) is 12.3. The monoisotopic (exact) mass is 585 g/mol. The molecule has 0 radical (unpaired) electrons. The zero-order valence-corrected chi connectivity index (χ0v) is 23.0. The Morgan fingerprint density at radius 2 is 1.68 bits per heavy atom. The van der Waals surface area contributed by atoms with Crippen molar-refractivity contribution in [1.82, 2.24) is 4.90 Å². The fourth-order valence-electron chi connectivity index (χ4n) is 4.65. The molecule has 0 aliphatic carbocycles. The second kappa shape index (κ2) is 11.7. The van der Waals surface area contributed by atoms with Crippen molar-refractivity contribution in [1.29, 1.82) is 5.26 Å². The van der Waals surface area contributed by atoms with E-state index in [0.717, 1.165) is 22.0 Å². The number of ether oxygens (including phenoxy) is 1. The van der Waals surface area contributed by atoms with E-state index in [1.165, 1.54) is 0 Å². The minimum absolute atomic E-state index is 0.0746. The highest BCUT2D eigenvalue weighted by Crippen LogP contribution is 2.36. The van der Waals surface area contributed by atoms with E-state index in [0.29, 0.717) is 53.6 Å². The van der Waals surface area contributed by atoms with Crippen molar-refractivity contribution in [2.75, 3.05) is 31.1 Å². The van der Waals surface area contributed by atoms with Gasteiger partial charge in [0.15, 0.2) is 5.75 Å². The largest absolute Gasteiger partial charge is 0.486 e. The minimum Gasteiger partial charge on any atom is -0.486 e. The van der Waals surface area contributed by atoms with E-state index in [-0.39, 0.29) is 11.5 Å². The molecule has 0 atom stereocenters. The summed E-state index contributed by atoms with van der Waals surface area (Å²) in [4.78, 5) is 17.1. The molecular weight excluding hydrogens is 562 g/mol. The zero-order valence-electron chi connectivity index (χ0n) is 20.6. The van der Waals surface area contributed by atoms with Gasteiger partial charge in [-0.15, -0.1) is 0 Å². The van der Waals surface area contributed by atoms with Crippen LogP contribution in [-0.4, -0.2) is 37.0 Å². The van der Waals surface area contributed by atoms with Crippen LogP contribution in [0.5, 0.6) is 5.75 Å². The van der Waals surface area contributed by atoms with Gasteiger partial charge < -0.3 is 14.5 Å². The number of hydrogen-bond acceptors (Lipinski definition) is 4. The molecule has 1 aliphatic heterocycles. The molecule has 0 spiro atoms. The van der Waals surface area contributed by atoms with Crippen LogP contribution < -0.4 is 9.64 Å². The summed E-state index contributed by atoms with van der Waals surface area (Å²) in [5.41, 5.74) is 2.91. The normalized spacial score (nSPS) is 13.9. The fraction of sp³-hybridized carbons (Fsp3) is 0.161. The Hall–Kier alpha value is -3.79. The maximum atomic E-state index is 13.1. The summed E-state index contributed by atoms with van der Waals surface area (Å²) in [5.74, 6) is 0.238. The number of nitrogens with zero attached hydrogens (tertiary/aromatic N) is 3. The first kappa shape index (κ1) is 25.8. The molecule has 0 unspecified atom stereocenters. The second-order valence-electron chi connectivity index (χ2n) is 9.03. The van der Waals surface area contributed by atoms with Gasteiger partial charge in [-0.25, -0.2) is 0 Å². The van der Waals surface area contributed by atoms with Crippen LogP contribution in [-0.2, 0) is 11.4 Å². The SMILES string of the molecule is N#C/C(=C/c1cc(Cl)c(OCc2cccc3ccccc23)c(Br)c1)C(=O)N1CCN(c2ccccc2)CC1. The fourth-order valence-corrected chi connectivity index (χ4v) is 5.64. The van der Waals surface area contributed by atoms with Crippen molar-refractivity contribution in [3.05, 3.63) is 111 Å². The molecule has 5 nitrogen and oxygen atoms in total. The third-order valence-corrected chi connectivity index (χ3v) is 7.49. The molecule has 0 N–H and O–H groups in total. The minimum atomic E-state index is -0.274. The molecule has 1 saturated heterocycles. The van der Waals surface area contributed by atoms with Crippen LogP contribution in [0.4, 0.5) is 5.69 Å². The van der Waals surface area contributed by atoms with E-state index in [1.54, 1.807) is 17.0 Å². The Bertz CT molecular complexity index is 1510. The summed E-state index contributed by atoms with van der Waals surface area (Å²) in [6, 6.07) is 30.0. The van der Waals surface area contributed by atoms with Crippen LogP contribution in [0.2, 0.25) is 5.02 Å². The Morgan fingerprint density at radius 3 is 2.42 bits per heavy atom. The third kappa shape index (κ3) is 5.70. The van der Waals surface area contributed by atoms with Gasteiger partial charge in [0, 0.05) is 31.9 Å². The lowest BCUT2D eigenvalue weighted by Crippen LogP contribution is -2.49. The van der Waals surface area contributed by atoms with E-state index in [9.17, 15) is 10.1 Å². The summed E-state index contributed by atoms with van der Waals surface area (Å²) in [6.07, 6.45) is 1.58. The van der Waals surface area contributed by atoms with E-state index in [2.05, 4.69) is 57.2 Å². The summed E-state index contributed by atoms with van der Waals surface area (Å²) >= 11 is 10.1. The van der Waals surface area contributed by atoms with Gasteiger partial charge >= 0.3 is 0 Å². The molecule has 38 heavy (non-hydrogen) atoms. The van der Waals surface area contributed by atoms with Crippen molar-refractivity contribution in [3.8, 4) is 11.8 Å². The first-order valence-corrected chi connectivity index (χ1v) is 13.5. The van der Waals surface area contributed by atoms with Crippen LogP contribution in [0.15, 0.2) is 95.0 Å². The standard InChI is InChI=1S/C31H25BrClN3O2/c32-28-18-22(19-29(33)30(28)38-21-24-9-6-8-23-7-4-5-12-27(23)24)17-25(20-34)31(37)36-15-13-35(14-16-36)26-10-2-1-3-11-26/h1-12,17-19H,13-16,21H2/b25-17-. The Kier molecular flexibility index (Phi) is 7.97. The van der Waals surface area contributed by atoms with Gasteiger partial charge in [0.1, 0.15) is 18.2 Å². The molecule has 0 saturated carbocycles. The molecule has 1 heterocycles. The van der Waals surface area contributed by atoms with Crippen LogP contribution in [0.1, 0.15) is 11.1 Å². The number of para-hydroxylation sites is 1. The van der Waals surface area contributed by atoms with Gasteiger partial charge in [-0.05, 0) is 68.2 Å². The van der Waals surface area contributed by atoms with Gasteiger partial charge in [0.2, 0.25) is 0 Å². The molecule has 0 bridgehead atoms. The first-order chi connectivity index (χ1) is 18.5. The number of anilines is 1. The number of nitriles is 1. The van der Waals surface area contributed by atoms with E-state index < -0.39 is 0 Å². The van der Waals surface area contributed by atoms with Crippen LogP contribution in [0.3, 0.4) is 0 Å². The quantitative estimate of drug-likeness (QED) is 0.179. The van der Waals surface area contributed by atoms with Gasteiger partial charge in [-0.3, -0.25) is 4.79 Å². The predicted molar refractivity (Wildman–Crippen MR) is 156 cm³/mol. The molecule has 5 rings (SSSR count). The van der Waals surface area contributed by atoms with Gasteiger partial charge in [-0.2, -0.15) is 5.26 Å². The number of halogens is 2. The van der Waals surface area contributed by atoms with Crippen molar-refractivity contribution in [2.24, 2.45) is 0 Å². The second-order valence-corrected chi connectivity index (χ2v) is 10.3. The Labute approximate surface area is 235 Å². The number of rotatable bonds is 6. The molecule has 7 heteroatoms. The molecule has 190 valence electrons. The van der Waals surface area contributed by atoms with Gasteiger partial charge in [-0.1, -0.05) is 72.3 Å². The molecule has 4 aromatic rings. The van der Waals surface area contributed by atoms with Crippen molar-refractivity contribution in [2.45, 2.75) is 6.61 Å². The number of benzene rings is 4. The Balaban J connectivity index is 1.28. The lowest BCUT2D eigenvalue weighted by Gasteiger charge is -2.36.